The molecule has 1 aromatic rings. The van der Waals surface area contributed by atoms with Crippen molar-refractivity contribution in [3.05, 3.63) is 29.3 Å². The summed E-state index contributed by atoms with van der Waals surface area (Å²) < 4.78 is 0. The van der Waals surface area contributed by atoms with Crippen LogP contribution in [0.4, 0.5) is 5.69 Å². The van der Waals surface area contributed by atoms with Crippen molar-refractivity contribution in [1.82, 2.24) is 10.6 Å². The van der Waals surface area contributed by atoms with Gasteiger partial charge in [-0.25, -0.2) is 0 Å². The van der Waals surface area contributed by atoms with E-state index >= 15 is 0 Å². The molecule has 0 aliphatic heterocycles. The molecule has 0 saturated heterocycles. The number of aliphatic hydroxyl groups is 2. The van der Waals surface area contributed by atoms with E-state index in [0.717, 1.165) is 0 Å². The molecular formula is C20H29N3O7. The van der Waals surface area contributed by atoms with E-state index in [4.69, 9.17) is 5.11 Å². The van der Waals surface area contributed by atoms with Gasteiger partial charge in [-0.2, -0.15) is 0 Å². The van der Waals surface area contributed by atoms with E-state index in [1.165, 1.54) is 13.8 Å². The fourth-order valence-electron chi connectivity index (χ4n) is 2.61. The summed E-state index contributed by atoms with van der Waals surface area (Å²) in [7, 11) is 0. The molecule has 30 heavy (non-hydrogen) atoms. The number of aliphatic hydroxyl groups excluding tert-OH is 2. The fraction of sp³-hybridized carbons (Fsp3) is 0.500. The number of rotatable bonds is 12. The third-order valence-electron chi connectivity index (χ3n) is 4.25. The third kappa shape index (κ3) is 9.01. The Hall–Kier alpha value is -2.98. The summed E-state index contributed by atoms with van der Waals surface area (Å²) in [6.45, 7) is 2.46. The Balaban J connectivity index is 2.51. The average molecular weight is 423 g/mol. The first-order valence-corrected chi connectivity index (χ1v) is 9.63. The number of aliphatic carboxylic acids is 1. The molecule has 0 bridgehead atoms. The van der Waals surface area contributed by atoms with E-state index in [0.29, 0.717) is 29.7 Å². The lowest BCUT2D eigenvalue weighted by Gasteiger charge is -2.19. The van der Waals surface area contributed by atoms with Crippen molar-refractivity contribution >= 4 is 29.4 Å². The van der Waals surface area contributed by atoms with Crippen LogP contribution in [0.2, 0.25) is 0 Å². The van der Waals surface area contributed by atoms with Crippen molar-refractivity contribution < 1.29 is 34.5 Å². The largest absolute Gasteiger partial charge is 0.481 e. The molecule has 0 spiro atoms. The highest BCUT2D eigenvalue weighted by Crippen LogP contribution is 2.15. The number of amides is 3. The number of benzene rings is 1. The van der Waals surface area contributed by atoms with E-state index in [9.17, 15) is 29.4 Å². The van der Waals surface area contributed by atoms with Gasteiger partial charge in [0.1, 0.15) is 12.1 Å². The van der Waals surface area contributed by atoms with E-state index < -0.39 is 29.9 Å². The summed E-state index contributed by atoms with van der Waals surface area (Å²) in [6.07, 6.45) is 0.857. The number of carboxylic acids is 1. The van der Waals surface area contributed by atoms with E-state index in [-0.39, 0.29) is 32.0 Å². The van der Waals surface area contributed by atoms with Gasteiger partial charge in [-0.1, -0.05) is 6.07 Å². The molecule has 0 heterocycles. The van der Waals surface area contributed by atoms with Crippen LogP contribution in [-0.2, 0) is 32.4 Å². The molecule has 166 valence electrons. The van der Waals surface area contributed by atoms with Crippen LogP contribution >= 0.6 is 0 Å². The second-order valence-corrected chi connectivity index (χ2v) is 6.96. The zero-order valence-corrected chi connectivity index (χ0v) is 17.1. The Bertz CT molecular complexity index is 745. The molecular weight excluding hydrogens is 394 g/mol. The number of anilines is 1. The van der Waals surface area contributed by atoms with Gasteiger partial charge in [-0.3, -0.25) is 19.2 Å². The quantitative estimate of drug-likeness (QED) is 0.262. The maximum atomic E-state index is 12.3. The third-order valence-corrected chi connectivity index (χ3v) is 4.25. The second-order valence-electron chi connectivity index (χ2n) is 6.96. The highest BCUT2D eigenvalue weighted by Gasteiger charge is 2.21. The molecule has 1 rings (SSSR count). The molecule has 1 aromatic carbocycles. The standard InChI is InChI=1S/C20H29N3O7/c1-12(21-17(26)5-3-4-6-18(27)28)19(29)22-13(2)20(30)23-16-8-14(10-24)7-15(9-16)11-25/h7-9,12-13,24-25H,3-6,10-11H2,1-2H3,(H,21,26)(H,22,29)(H,23,30)(H,27,28)/t12-,13-/m0/s1. The Morgan fingerprint density at radius 1 is 0.833 bits per heavy atom. The minimum Gasteiger partial charge on any atom is -0.481 e. The van der Waals surface area contributed by atoms with E-state index in [2.05, 4.69) is 16.0 Å². The van der Waals surface area contributed by atoms with Crippen LogP contribution in [0, 0.1) is 0 Å². The van der Waals surface area contributed by atoms with E-state index in [1.54, 1.807) is 18.2 Å². The topological polar surface area (TPSA) is 165 Å². The van der Waals surface area contributed by atoms with Gasteiger partial charge in [-0.15, -0.1) is 0 Å². The summed E-state index contributed by atoms with van der Waals surface area (Å²) in [4.78, 5) is 46.8. The first-order valence-electron chi connectivity index (χ1n) is 9.63. The van der Waals surface area contributed by atoms with Gasteiger partial charge in [-0.05, 0) is 49.9 Å². The zero-order chi connectivity index (χ0) is 22.7. The smallest absolute Gasteiger partial charge is 0.303 e. The summed E-state index contributed by atoms with van der Waals surface area (Å²) in [5.74, 6) is -2.35. The normalized spacial score (nSPS) is 12.5. The van der Waals surface area contributed by atoms with Crippen LogP contribution in [0.5, 0.6) is 0 Å². The maximum absolute atomic E-state index is 12.3. The predicted molar refractivity (Wildman–Crippen MR) is 108 cm³/mol. The minimum atomic E-state index is -0.925. The fourth-order valence-corrected chi connectivity index (χ4v) is 2.61. The van der Waals surface area contributed by atoms with Gasteiger partial charge in [0, 0.05) is 18.5 Å². The molecule has 0 aromatic heterocycles. The molecule has 0 saturated carbocycles. The maximum Gasteiger partial charge on any atom is 0.303 e. The number of carbonyl (C=O) groups excluding carboxylic acids is 3. The van der Waals surface area contributed by atoms with Crippen molar-refractivity contribution in [2.24, 2.45) is 0 Å². The zero-order valence-electron chi connectivity index (χ0n) is 17.1. The van der Waals surface area contributed by atoms with Crippen molar-refractivity contribution in [1.29, 1.82) is 0 Å². The van der Waals surface area contributed by atoms with Crippen LogP contribution < -0.4 is 16.0 Å². The molecule has 0 fully saturated rings. The lowest BCUT2D eigenvalue weighted by atomic mass is 10.1. The minimum absolute atomic E-state index is 0.0169. The summed E-state index contributed by atoms with van der Waals surface area (Å²) in [6, 6.07) is 2.94. The van der Waals surface area contributed by atoms with Crippen LogP contribution in [0.25, 0.3) is 0 Å². The molecule has 6 N–H and O–H groups in total. The number of unbranched alkanes of at least 4 members (excludes halogenated alkanes) is 1. The number of hydrogen-bond donors (Lipinski definition) is 6. The Morgan fingerprint density at radius 3 is 1.90 bits per heavy atom. The molecule has 10 heteroatoms. The highest BCUT2D eigenvalue weighted by atomic mass is 16.4. The molecule has 0 aliphatic carbocycles. The van der Waals surface area contributed by atoms with Crippen LogP contribution in [0.15, 0.2) is 18.2 Å². The van der Waals surface area contributed by atoms with Gasteiger partial charge in [0.15, 0.2) is 0 Å². The highest BCUT2D eigenvalue weighted by molar-refractivity contribution is 5.98. The lowest BCUT2D eigenvalue weighted by Crippen LogP contribution is -2.50. The van der Waals surface area contributed by atoms with Gasteiger partial charge in [0.25, 0.3) is 0 Å². The summed E-state index contributed by atoms with van der Waals surface area (Å²) >= 11 is 0. The number of hydrogen-bond acceptors (Lipinski definition) is 6. The summed E-state index contributed by atoms with van der Waals surface area (Å²) in [5, 5.41) is 34.7. The number of carbonyl (C=O) groups is 4. The van der Waals surface area contributed by atoms with Gasteiger partial charge in [0.2, 0.25) is 17.7 Å². The molecule has 0 unspecified atom stereocenters. The lowest BCUT2D eigenvalue weighted by molar-refractivity contribution is -0.137. The number of nitrogens with one attached hydrogen (secondary N) is 3. The summed E-state index contributed by atoms with van der Waals surface area (Å²) in [5.41, 5.74) is 1.42. The van der Waals surface area contributed by atoms with Crippen molar-refractivity contribution in [2.45, 2.75) is 64.8 Å². The van der Waals surface area contributed by atoms with Crippen LogP contribution in [0.1, 0.15) is 50.7 Å². The predicted octanol–water partition coefficient (Wildman–Crippen LogP) is 0.264. The van der Waals surface area contributed by atoms with Gasteiger partial charge in [0.05, 0.1) is 13.2 Å². The molecule has 2 atom stereocenters. The molecule has 10 nitrogen and oxygen atoms in total. The SMILES string of the molecule is C[C@H](NC(=O)CCCCC(=O)O)C(=O)N[C@@H](C)C(=O)Nc1cc(CO)cc(CO)c1. The molecule has 0 radical (unpaired) electrons. The second kappa shape index (κ2) is 12.6. The van der Waals surface area contributed by atoms with Crippen LogP contribution in [-0.4, -0.2) is 51.1 Å². The first-order chi connectivity index (χ1) is 14.2. The first kappa shape index (κ1) is 25.1. The van der Waals surface area contributed by atoms with Crippen LogP contribution in [0.3, 0.4) is 0 Å². The molecule has 0 aliphatic rings. The van der Waals surface area contributed by atoms with Crippen molar-refractivity contribution in [2.75, 3.05) is 5.32 Å². The van der Waals surface area contributed by atoms with Gasteiger partial charge < -0.3 is 31.3 Å². The van der Waals surface area contributed by atoms with Crippen molar-refractivity contribution in [3.8, 4) is 0 Å². The Kier molecular flexibility index (Phi) is 10.5. The monoisotopic (exact) mass is 423 g/mol. The molecule has 3 amide bonds. The van der Waals surface area contributed by atoms with E-state index in [1.807, 2.05) is 0 Å². The Morgan fingerprint density at radius 2 is 1.37 bits per heavy atom. The number of carboxylic acid groups (broad SMARTS) is 1. The van der Waals surface area contributed by atoms with Crippen molar-refractivity contribution in [3.63, 3.8) is 0 Å². The Labute approximate surface area is 174 Å². The average Bonchev–Trinajstić information content (AvgIpc) is 2.70. The van der Waals surface area contributed by atoms with Gasteiger partial charge >= 0.3 is 5.97 Å².